The monoisotopic (exact) mass is 272 g/mol. The van der Waals surface area contributed by atoms with Crippen molar-refractivity contribution < 1.29 is 9.84 Å². The molecule has 108 valence electrons. The molecular weight excluding hydrogens is 248 g/mol. The molecule has 0 amide bonds. The zero-order valence-electron chi connectivity index (χ0n) is 13.2. The second kappa shape index (κ2) is 5.10. The first-order chi connectivity index (χ1) is 9.35. The molecule has 0 fully saturated rings. The van der Waals surface area contributed by atoms with Crippen LogP contribution in [0.1, 0.15) is 46.3 Å². The van der Waals surface area contributed by atoms with Gasteiger partial charge in [0.25, 0.3) is 0 Å². The van der Waals surface area contributed by atoms with Crippen LogP contribution < -0.4 is 4.74 Å². The molecule has 0 saturated carbocycles. The van der Waals surface area contributed by atoms with E-state index in [9.17, 15) is 5.11 Å². The summed E-state index contributed by atoms with van der Waals surface area (Å²) >= 11 is 0. The second-order valence-corrected chi connectivity index (χ2v) is 5.85. The third-order valence-electron chi connectivity index (χ3n) is 5.23. The van der Waals surface area contributed by atoms with Gasteiger partial charge in [-0.15, -0.1) is 0 Å². The summed E-state index contributed by atoms with van der Waals surface area (Å²) in [5.74, 6) is 0.740. The van der Waals surface area contributed by atoms with E-state index in [-0.39, 0.29) is 5.41 Å². The van der Waals surface area contributed by atoms with Crippen LogP contribution in [-0.2, 0) is 0 Å². The molecule has 0 aromatic heterocycles. The summed E-state index contributed by atoms with van der Waals surface area (Å²) in [5.41, 5.74) is 5.55. The Kier molecular flexibility index (Phi) is 3.79. The smallest absolute Gasteiger partial charge is 0.124 e. The average Bonchev–Trinajstić information content (AvgIpc) is 2.63. The Balaban J connectivity index is 2.56. The molecule has 1 aromatic carbocycles. The largest absolute Gasteiger partial charge is 0.496 e. The Morgan fingerprint density at radius 1 is 1.00 bits per heavy atom. The quantitative estimate of drug-likeness (QED) is 0.882. The first-order valence-corrected chi connectivity index (χ1v) is 7.03. The van der Waals surface area contributed by atoms with Crippen molar-refractivity contribution in [2.75, 3.05) is 7.11 Å². The molecule has 1 unspecified atom stereocenters. The van der Waals surface area contributed by atoms with Gasteiger partial charge in [-0.2, -0.15) is 0 Å². The van der Waals surface area contributed by atoms with Gasteiger partial charge in [0, 0.05) is 11.0 Å². The highest BCUT2D eigenvalue weighted by Gasteiger charge is 2.43. The van der Waals surface area contributed by atoms with Gasteiger partial charge in [-0.25, -0.2) is 0 Å². The van der Waals surface area contributed by atoms with Gasteiger partial charge in [0.15, 0.2) is 0 Å². The third-order valence-corrected chi connectivity index (χ3v) is 5.23. The van der Waals surface area contributed by atoms with Gasteiger partial charge in [-0.1, -0.05) is 29.3 Å². The Morgan fingerprint density at radius 3 is 2.00 bits per heavy atom. The fraction of sp³-hybridized carbons (Fsp3) is 0.444. The average molecular weight is 272 g/mol. The molecule has 1 N–H and O–H groups in total. The van der Waals surface area contributed by atoms with E-state index in [1.165, 1.54) is 22.3 Å². The van der Waals surface area contributed by atoms with E-state index in [2.05, 4.69) is 34.6 Å². The van der Waals surface area contributed by atoms with Gasteiger partial charge in [-0.3, -0.25) is 0 Å². The lowest BCUT2D eigenvalue weighted by atomic mass is 9.72. The maximum absolute atomic E-state index is 11.0. The van der Waals surface area contributed by atoms with E-state index in [4.69, 9.17) is 4.74 Å². The molecule has 20 heavy (non-hydrogen) atoms. The lowest BCUT2D eigenvalue weighted by Gasteiger charge is -2.35. The third kappa shape index (κ3) is 1.90. The Hall–Kier alpha value is -1.54. The summed E-state index contributed by atoms with van der Waals surface area (Å²) in [6.45, 7) is 10.6. The predicted octanol–water partition coefficient (Wildman–Crippen LogP) is 4.42. The van der Waals surface area contributed by atoms with E-state index < -0.39 is 6.10 Å². The van der Waals surface area contributed by atoms with Crippen molar-refractivity contribution in [3.05, 3.63) is 52.1 Å². The summed E-state index contributed by atoms with van der Waals surface area (Å²) < 4.78 is 5.40. The fourth-order valence-electron chi connectivity index (χ4n) is 3.24. The van der Waals surface area contributed by atoms with Crippen molar-refractivity contribution >= 4 is 0 Å². The summed E-state index contributed by atoms with van der Waals surface area (Å²) in [7, 11) is 1.64. The summed E-state index contributed by atoms with van der Waals surface area (Å²) in [4.78, 5) is 0. The second-order valence-electron chi connectivity index (χ2n) is 5.85. The molecule has 0 radical (unpaired) electrons. The van der Waals surface area contributed by atoms with Gasteiger partial charge >= 0.3 is 0 Å². The fourth-order valence-corrected chi connectivity index (χ4v) is 3.24. The van der Waals surface area contributed by atoms with E-state index in [0.717, 1.165) is 11.3 Å². The van der Waals surface area contributed by atoms with Crippen LogP contribution in [0.2, 0.25) is 0 Å². The minimum Gasteiger partial charge on any atom is -0.496 e. The minimum atomic E-state index is -0.606. The van der Waals surface area contributed by atoms with Crippen LogP contribution in [0.25, 0.3) is 0 Å². The highest BCUT2D eigenvalue weighted by atomic mass is 16.5. The molecule has 2 heteroatoms. The Labute approximate surface area is 121 Å². The van der Waals surface area contributed by atoms with Gasteiger partial charge in [-0.05, 0) is 51.8 Å². The molecule has 1 aromatic rings. The Bertz CT molecular complexity index is 569. The van der Waals surface area contributed by atoms with Gasteiger partial charge in [0.2, 0.25) is 0 Å². The van der Waals surface area contributed by atoms with Gasteiger partial charge in [0.05, 0.1) is 13.2 Å². The van der Waals surface area contributed by atoms with E-state index in [0.29, 0.717) is 0 Å². The number of methoxy groups -OCH3 is 1. The first kappa shape index (κ1) is 14.9. The zero-order valence-corrected chi connectivity index (χ0v) is 13.2. The molecule has 0 heterocycles. The highest BCUT2D eigenvalue weighted by Crippen LogP contribution is 2.54. The van der Waals surface area contributed by atoms with Gasteiger partial charge in [0.1, 0.15) is 5.75 Å². The molecule has 1 atom stereocenters. The maximum atomic E-state index is 11.0. The Morgan fingerprint density at radius 2 is 1.50 bits per heavy atom. The predicted molar refractivity (Wildman–Crippen MR) is 82.8 cm³/mol. The molecular formula is C18H24O2. The van der Waals surface area contributed by atoms with Crippen LogP contribution in [0.3, 0.4) is 0 Å². The number of ether oxygens (including phenoxy) is 1. The number of para-hydroxylation sites is 1. The van der Waals surface area contributed by atoms with Crippen molar-refractivity contribution in [1.82, 2.24) is 0 Å². The SMILES string of the molecule is COc1ccccc1C(O)C1(C)C(C)=C(C)C(C)=C1C. The number of hydrogen-bond acceptors (Lipinski definition) is 2. The number of rotatable bonds is 3. The van der Waals surface area contributed by atoms with E-state index >= 15 is 0 Å². The van der Waals surface area contributed by atoms with Gasteiger partial charge < -0.3 is 9.84 Å². The van der Waals surface area contributed by atoms with E-state index in [1.807, 2.05) is 24.3 Å². The van der Waals surface area contributed by atoms with Crippen molar-refractivity contribution in [1.29, 1.82) is 0 Å². The van der Waals surface area contributed by atoms with Crippen LogP contribution in [0.5, 0.6) is 5.75 Å². The van der Waals surface area contributed by atoms with Crippen LogP contribution in [0.4, 0.5) is 0 Å². The molecule has 1 aliphatic rings. The lowest BCUT2D eigenvalue weighted by molar-refractivity contribution is 0.0841. The number of aliphatic hydroxyl groups is 1. The molecule has 2 nitrogen and oxygen atoms in total. The number of benzene rings is 1. The highest BCUT2D eigenvalue weighted by molar-refractivity contribution is 5.53. The molecule has 0 aliphatic heterocycles. The molecule has 2 rings (SSSR count). The summed E-state index contributed by atoms with van der Waals surface area (Å²) in [6.07, 6.45) is -0.606. The van der Waals surface area contributed by atoms with Crippen molar-refractivity contribution in [2.45, 2.75) is 40.7 Å². The van der Waals surface area contributed by atoms with E-state index in [1.54, 1.807) is 7.11 Å². The van der Waals surface area contributed by atoms with Crippen LogP contribution in [0, 0.1) is 5.41 Å². The standard InChI is InChI=1S/C18H24O2/c1-11-12(2)14(4)18(5,13(11)3)17(19)15-9-7-8-10-16(15)20-6/h7-10,17,19H,1-6H3. The van der Waals surface area contributed by atoms with Crippen LogP contribution in [0.15, 0.2) is 46.6 Å². The number of aliphatic hydroxyl groups excluding tert-OH is 1. The zero-order chi connectivity index (χ0) is 15.1. The molecule has 1 aliphatic carbocycles. The molecule has 0 spiro atoms. The van der Waals surface area contributed by atoms with Crippen molar-refractivity contribution in [3.8, 4) is 5.75 Å². The minimum absolute atomic E-state index is 0.358. The lowest BCUT2D eigenvalue weighted by Crippen LogP contribution is -2.27. The number of allylic oxidation sites excluding steroid dienone is 2. The molecule has 0 saturated heterocycles. The molecule has 0 bridgehead atoms. The summed E-state index contributed by atoms with van der Waals surface area (Å²) in [6, 6.07) is 7.71. The number of hydrogen-bond donors (Lipinski definition) is 1. The van der Waals surface area contributed by atoms with Crippen molar-refractivity contribution in [2.24, 2.45) is 5.41 Å². The summed E-state index contributed by atoms with van der Waals surface area (Å²) in [5, 5.41) is 11.0. The van der Waals surface area contributed by atoms with Crippen LogP contribution >= 0.6 is 0 Å². The van der Waals surface area contributed by atoms with Crippen molar-refractivity contribution in [3.63, 3.8) is 0 Å². The normalized spacial score (nSPS) is 19.6. The topological polar surface area (TPSA) is 29.5 Å². The maximum Gasteiger partial charge on any atom is 0.124 e. The first-order valence-electron chi connectivity index (χ1n) is 7.03. The van der Waals surface area contributed by atoms with Crippen LogP contribution in [-0.4, -0.2) is 12.2 Å².